The molecule has 0 fully saturated rings. The molecule has 2 rings (SSSR count). The van der Waals surface area contributed by atoms with Crippen LogP contribution in [0.15, 0.2) is 28.7 Å². The van der Waals surface area contributed by atoms with Gasteiger partial charge in [-0.2, -0.15) is 0 Å². The zero-order valence-corrected chi connectivity index (χ0v) is 12.7. The molecule has 90 valence electrons. The second-order valence-electron chi connectivity index (χ2n) is 4.01. The number of aliphatic hydroxyl groups excluding tert-OH is 1. The quantitative estimate of drug-likeness (QED) is 0.833. The first-order valence-corrected chi connectivity index (χ1v) is 7.17. The molecule has 0 aliphatic heterocycles. The maximum atomic E-state index is 10.3. The highest BCUT2D eigenvalue weighted by Gasteiger charge is 2.16. The highest BCUT2D eigenvalue weighted by atomic mass is 79.9. The fourth-order valence-electron chi connectivity index (χ4n) is 1.72. The highest BCUT2D eigenvalue weighted by Crippen LogP contribution is 2.35. The molecule has 2 aromatic rings. The Balaban J connectivity index is 2.39. The summed E-state index contributed by atoms with van der Waals surface area (Å²) in [5.41, 5.74) is 3.00. The van der Waals surface area contributed by atoms with Crippen molar-refractivity contribution in [2.45, 2.75) is 20.0 Å². The Hall–Kier alpha value is -0.350. The minimum absolute atomic E-state index is 0.598. The molecule has 0 saturated carbocycles. The third-order valence-corrected chi connectivity index (χ3v) is 4.77. The van der Waals surface area contributed by atoms with Gasteiger partial charge in [0.1, 0.15) is 6.10 Å². The van der Waals surface area contributed by atoms with Gasteiger partial charge in [0.05, 0.1) is 4.34 Å². The first-order chi connectivity index (χ1) is 7.99. The Morgan fingerprint density at radius 1 is 1.24 bits per heavy atom. The van der Waals surface area contributed by atoms with E-state index in [1.807, 2.05) is 38.1 Å². The molecular weight excluding hydrogens is 320 g/mol. The monoisotopic (exact) mass is 330 g/mol. The topological polar surface area (TPSA) is 20.2 Å². The van der Waals surface area contributed by atoms with Gasteiger partial charge in [-0.1, -0.05) is 33.6 Å². The van der Waals surface area contributed by atoms with E-state index in [4.69, 9.17) is 11.6 Å². The molecule has 0 radical (unpaired) electrons. The van der Waals surface area contributed by atoms with E-state index in [-0.39, 0.29) is 0 Å². The molecule has 1 unspecified atom stereocenters. The smallest absolute Gasteiger partial charge is 0.114 e. The van der Waals surface area contributed by atoms with Crippen LogP contribution in [-0.4, -0.2) is 5.11 Å². The molecule has 0 amide bonds. The standard InChI is InChI=1S/C13H12BrClOS/c1-7-5-9(14)3-4-10(7)12(16)11-6-8(2)13(15)17-11/h3-6,12,16H,1-2H3. The fraction of sp³-hybridized carbons (Fsp3) is 0.231. The lowest BCUT2D eigenvalue weighted by molar-refractivity contribution is 0.223. The van der Waals surface area contributed by atoms with Crippen molar-refractivity contribution < 1.29 is 5.11 Å². The van der Waals surface area contributed by atoms with Crippen molar-refractivity contribution in [3.8, 4) is 0 Å². The van der Waals surface area contributed by atoms with Gasteiger partial charge in [-0.05, 0) is 48.7 Å². The van der Waals surface area contributed by atoms with Gasteiger partial charge in [-0.3, -0.25) is 0 Å². The van der Waals surface area contributed by atoms with E-state index in [1.165, 1.54) is 11.3 Å². The van der Waals surface area contributed by atoms with Crippen LogP contribution < -0.4 is 0 Å². The van der Waals surface area contributed by atoms with Gasteiger partial charge in [-0.15, -0.1) is 11.3 Å². The molecule has 0 saturated heterocycles. The summed E-state index contributed by atoms with van der Waals surface area (Å²) in [6.45, 7) is 3.94. The van der Waals surface area contributed by atoms with E-state index in [1.54, 1.807) is 0 Å². The van der Waals surface area contributed by atoms with Crippen molar-refractivity contribution in [1.29, 1.82) is 0 Å². The van der Waals surface area contributed by atoms with E-state index in [0.29, 0.717) is 0 Å². The summed E-state index contributed by atoms with van der Waals surface area (Å²) in [7, 11) is 0. The molecule has 1 aromatic carbocycles. The lowest BCUT2D eigenvalue weighted by Crippen LogP contribution is -1.99. The molecule has 1 N–H and O–H groups in total. The Kier molecular flexibility index (Phi) is 3.93. The third kappa shape index (κ3) is 2.74. The van der Waals surface area contributed by atoms with Gasteiger partial charge in [0.25, 0.3) is 0 Å². The summed E-state index contributed by atoms with van der Waals surface area (Å²) < 4.78 is 1.76. The third-order valence-electron chi connectivity index (χ3n) is 2.67. The van der Waals surface area contributed by atoms with Crippen molar-refractivity contribution in [2.75, 3.05) is 0 Å². The first-order valence-electron chi connectivity index (χ1n) is 5.19. The maximum absolute atomic E-state index is 10.3. The second-order valence-corrected chi connectivity index (χ2v) is 6.61. The molecular formula is C13H12BrClOS. The predicted octanol–water partition coefficient (Wildman–Crippen LogP) is 4.86. The van der Waals surface area contributed by atoms with Crippen LogP contribution in [0.5, 0.6) is 0 Å². The van der Waals surface area contributed by atoms with Crippen molar-refractivity contribution >= 4 is 38.9 Å². The Labute approximate surface area is 118 Å². The summed E-state index contributed by atoms with van der Waals surface area (Å²) >= 11 is 10.9. The zero-order valence-electron chi connectivity index (χ0n) is 9.50. The molecule has 1 heterocycles. The van der Waals surface area contributed by atoms with Crippen LogP contribution in [0.2, 0.25) is 4.34 Å². The second kappa shape index (κ2) is 5.11. The van der Waals surface area contributed by atoms with Crippen LogP contribution in [0.25, 0.3) is 0 Å². The molecule has 1 atom stereocenters. The summed E-state index contributed by atoms with van der Waals surface area (Å²) in [6, 6.07) is 7.82. The van der Waals surface area contributed by atoms with Gasteiger partial charge in [0.2, 0.25) is 0 Å². The molecule has 4 heteroatoms. The number of aryl methyl sites for hydroxylation is 2. The number of thiophene rings is 1. The van der Waals surface area contributed by atoms with Crippen LogP contribution >= 0.6 is 38.9 Å². The Bertz CT molecular complexity index is 531. The van der Waals surface area contributed by atoms with Crippen molar-refractivity contribution in [2.24, 2.45) is 0 Å². The number of hydrogen-bond acceptors (Lipinski definition) is 2. The van der Waals surface area contributed by atoms with Gasteiger partial charge >= 0.3 is 0 Å². The normalized spacial score (nSPS) is 12.8. The molecule has 0 spiro atoms. The van der Waals surface area contributed by atoms with Gasteiger partial charge in [0, 0.05) is 9.35 Å². The molecule has 0 bridgehead atoms. The van der Waals surface area contributed by atoms with E-state index in [0.717, 1.165) is 30.4 Å². The Morgan fingerprint density at radius 3 is 2.47 bits per heavy atom. The number of benzene rings is 1. The molecule has 0 aliphatic carbocycles. The van der Waals surface area contributed by atoms with Crippen molar-refractivity contribution in [3.05, 3.63) is 54.6 Å². The van der Waals surface area contributed by atoms with Gasteiger partial charge in [-0.25, -0.2) is 0 Å². The number of hydrogen-bond donors (Lipinski definition) is 1. The largest absolute Gasteiger partial charge is 0.383 e. The molecule has 0 aliphatic rings. The van der Waals surface area contributed by atoms with Crippen LogP contribution in [0.1, 0.15) is 27.7 Å². The number of halogens is 2. The van der Waals surface area contributed by atoms with Crippen LogP contribution in [0.4, 0.5) is 0 Å². The SMILES string of the molecule is Cc1cc(Br)ccc1C(O)c1cc(C)c(Cl)s1. The fourth-order valence-corrected chi connectivity index (χ4v) is 3.42. The van der Waals surface area contributed by atoms with Crippen LogP contribution in [0, 0.1) is 13.8 Å². The molecule has 1 aromatic heterocycles. The van der Waals surface area contributed by atoms with Gasteiger partial charge < -0.3 is 5.11 Å². The van der Waals surface area contributed by atoms with Crippen molar-refractivity contribution in [1.82, 2.24) is 0 Å². The van der Waals surface area contributed by atoms with E-state index in [2.05, 4.69) is 15.9 Å². The summed E-state index contributed by atoms with van der Waals surface area (Å²) in [5.74, 6) is 0. The average molecular weight is 332 g/mol. The first kappa shape index (κ1) is 13.1. The minimum atomic E-state index is -0.598. The van der Waals surface area contributed by atoms with E-state index < -0.39 is 6.10 Å². The van der Waals surface area contributed by atoms with E-state index >= 15 is 0 Å². The number of rotatable bonds is 2. The van der Waals surface area contributed by atoms with Crippen LogP contribution in [0.3, 0.4) is 0 Å². The lowest BCUT2D eigenvalue weighted by Gasteiger charge is -2.12. The number of aliphatic hydroxyl groups is 1. The zero-order chi connectivity index (χ0) is 12.6. The lowest BCUT2D eigenvalue weighted by atomic mass is 10.0. The Morgan fingerprint density at radius 2 is 1.94 bits per heavy atom. The highest BCUT2D eigenvalue weighted by molar-refractivity contribution is 9.10. The predicted molar refractivity (Wildman–Crippen MR) is 77.0 cm³/mol. The summed E-state index contributed by atoms with van der Waals surface area (Å²) in [6.07, 6.45) is -0.598. The van der Waals surface area contributed by atoms with Crippen LogP contribution in [-0.2, 0) is 0 Å². The minimum Gasteiger partial charge on any atom is -0.383 e. The van der Waals surface area contributed by atoms with Crippen molar-refractivity contribution in [3.63, 3.8) is 0 Å². The summed E-state index contributed by atoms with van der Waals surface area (Å²) in [4.78, 5) is 0.887. The van der Waals surface area contributed by atoms with Gasteiger partial charge in [0.15, 0.2) is 0 Å². The maximum Gasteiger partial charge on any atom is 0.114 e. The molecule has 1 nitrogen and oxygen atoms in total. The summed E-state index contributed by atoms with van der Waals surface area (Å²) in [5, 5.41) is 10.3. The van der Waals surface area contributed by atoms with E-state index in [9.17, 15) is 5.11 Å². The average Bonchev–Trinajstić information content (AvgIpc) is 2.58. The molecule has 17 heavy (non-hydrogen) atoms.